The van der Waals surface area contributed by atoms with E-state index < -0.39 is 0 Å². The molecule has 1 fully saturated rings. The van der Waals surface area contributed by atoms with Gasteiger partial charge in [0.25, 0.3) is 0 Å². The first-order valence-corrected chi connectivity index (χ1v) is 4.32. The topological polar surface area (TPSA) is 26.3 Å². The maximum Gasteiger partial charge on any atom is 0.305 e. The first-order chi connectivity index (χ1) is 5.16. The molecule has 0 saturated carbocycles. The molecule has 0 amide bonds. The first-order valence-electron chi connectivity index (χ1n) is 4.32. The molecule has 1 saturated heterocycles. The van der Waals surface area contributed by atoms with Crippen molar-refractivity contribution in [3.63, 3.8) is 0 Å². The van der Waals surface area contributed by atoms with Gasteiger partial charge in [0.2, 0.25) is 0 Å². The summed E-state index contributed by atoms with van der Waals surface area (Å²) in [7, 11) is 0. The molecule has 1 rings (SSSR count). The average Bonchev–Trinajstić information content (AvgIpc) is 1.97. The van der Waals surface area contributed by atoms with E-state index in [4.69, 9.17) is 4.74 Å². The van der Waals surface area contributed by atoms with Crippen LogP contribution in [0.2, 0.25) is 0 Å². The van der Waals surface area contributed by atoms with Crippen molar-refractivity contribution >= 4 is 5.97 Å². The van der Waals surface area contributed by atoms with Crippen molar-refractivity contribution in [3.8, 4) is 0 Å². The molecule has 0 aliphatic carbocycles. The third-order valence-electron chi connectivity index (χ3n) is 2.37. The Morgan fingerprint density at radius 3 is 2.82 bits per heavy atom. The van der Waals surface area contributed by atoms with Crippen LogP contribution in [-0.2, 0) is 9.53 Å². The number of carbonyl (C=O) groups is 1. The van der Waals surface area contributed by atoms with E-state index in [0.717, 1.165) is 6.42 Å². The standard InChI is InChI=1S/C9H16O2/c1-3-5-9(2)6-4-8(10)11-7-9/h3-7H2,1-2H3. The molecule has 0 aromatic rings. The minimum absolute atomic E-state index is 0.0291. The van der Waals surface area contributed by atoms with Gasteiger partial charge in [0.05, 0.1) is 6.61 Å². The molecule has 0 aromatic carbocycles. The molecule has 0 N–H and O–H groups in total. The molecule has 0 spiro atoms. The van der Waals surface area contributed by atoms with Crippen LogP contribution in [0.4, 0.5) is 0 Å². The molecule has 11 heavy (non-hydrogen) atoms. The molecular weight excluding hydrogens is 140 g/mol. The Kier molecular flexibility index (Phi) is 2.53. The molecule has 0 radical (unpaired) electrons. The SMILES string of the molecule is CCCC1(C)CCC(=O)OC1. The fourth-order valence-electron chi connectivity index (χ4n) is 1.60. The fraction of sp³-hybridized carbons (Fsp3) is 0.889. The molecule has 1 atom stereocenters. The van der Waals surface area contributed by atoms with Gasteiger partial charge in [0, 0.05) is 11.8 Å². The molecule has 2 nitrogen and oxygen atoms in total. The van der Waals surface area contributed by atoms with Gasteiger partial charge >= 0.3 is 5.97 Å². The zero-order valence-corrected chi connectivity index (χ0v) is 7.35. The van der Waals surface area contributed by atoms with Crippen LogP contribution in [0, 0.1) is 5.41 Å². The van der Waals surface area contributed by atoms with E-state index >= 15 is 0 Å². The summed E-state index contributed by atoms with van der Waals surface area (Å²) in [4.78, 5) is 10.7. The van der Waals surface area contributed by atoms with Gasteiger partial charge in [-0.15, -0.1) is 0 Å². The Morgan fingerprint density at radius 1 is 1.64 bits per heavy atom. The van der Waals surface area contributed by atoms with Crippen LogP contribution in [0.5, 0.6) is 0 Å². The highest BCUT2D eigenvalue weighted by atomic mass is 16.5. The van der Waals surface area contributed by atoms with E-state index in [1.807, 2.05) is 0 Å². The fourth-order valence-corrected chi connectivity index (χ4v) is 1.60. The number of esters is 1. The third kappa shape index (κ3) is 2.21. The Labute approximate surface area is 67.9 Å². The van der Waals surface area contributed by atoms with Crippen LogP contribution in [0.3, 0.4) is 0 Å². The van der Waals surface area contributed by atoms with Crippen molar-refractivity contribution in [3.05, 3.63) is 0 Å². The summed E-state index contributed by atoms with van der Waals surface area (Å²) in [5.74, 6) is -0.0291. The third-order valence-corrected chi connectivity index (χ3v) is 2.37. The summed E-state index contributed by atoms with van der Waals surface area (Å²) in [6.07, 6.45) is 3.95. The maximum atomic E-state index is 10.7. The van der Waals surface area contributed by atoms with E-state index in [0.29, 0.717) is 13.0 Å². The minimum atomic E-state index is -0.0291. The van der Waals surface area contributed by atoms with Crippen molar-refractivity contribution in [2.75, 3.05) is 6.61 Å². The predicted molar refractivity (Wildman–Crippen MR) is 43.2 cm³/mol. The molecule has 0 bridgehead atoms. The van der Waals surface area contributed by atoms with Crippen LogP contribution >= 0.6 is 0 Å². The maximum absolute atomic E-state index is 10.7. The van der Waals surface area contributed by atoms with E-state index in [2.05, 4.69) is 13.8 Å². The number of hydrogen-bond donors (Lipinski definition) is 0. The Morgan fingerprint density at radius 2 is 2.36 bits per heavy atom. The molecule has 1 aliphatic rings. The highest BCUT2D eigenvalue weighted by Gasteiger charge is 2.30. The number of carbonyl (C=O) groups excluding carboxylic acids is 1. The van der Waals surface area contributed by atoms with Crippen molar-refractivity contribution in [2.45, 2.75) is 39.5 Å². The summed E-state index contributed by atoms with van der Waals surface area (Å²) in [5.41, 5.74) is 0.267. The highest BCUT2D eigenvalue weighted by molar-refractivity contribution is 5.70. The zero-order chi connectivity index (χ0) is 8.32. The average molecular weight is 156 g/mol. The second-order valence-electron chi connectivity index (χ2n) is 3.72. The minimum Gasteiger partial charge on any atom is -0.465 e. The zero-order valence-electron chi connectivity index (χ0n) is 7.35. The molecule has 2 heteroatoms. The van der Waals surface area contributed by atoms with Gasteiger partial charge in [-0.1, -0.05) is 20.3 Å². The number of ether oxygens (including phenoxy) is 1. The summed E-state index contributed by atoms with van der Waals surface area (Å²) < 4.78 is 5.01. The number of hydrogen-bond acceptors (Lipinski definition) is 2. The Balaban J connectivity index is 2.41. The molecule has 1 heterocycles. The normalized spacial score (nSPS) is 31.6. The lowest BCUT2D eigenvalue weighted by atomic mass is 9.81. The summed E-state index contributed by atoms with van der Waals surface area (Å²) in [6.45, 7) is 4.99. The van der Waals surface area contributed by atoms with E-state index in [-0.39, 0.29) is 11.4 Å². The van der Waals surface area contributed by atoms with E-state index in [1.165, 1.54) is 12.8 Å². The van der Waals surface area contributed by atoms with Gasteiger partial charge in [-0.25, -0.2) is 0 Å². The summed E-state index contributed by atoms with van der Waals surface area (Å²) in [6, 6.07) is 0. The number of cyclic esters (lactones) is 1. The molecule has 64 valence electrons. The van der Waals surface area contributed by atoms with Crippen molar-refractivity contribution in [1.82, 2.24) is 0 Å². The van der Waals surface area contributed by atoms with Crippen molar-refractivity contribution in [2.24, 2.45) is 5.41 Å². The second-order valence-corrected chi connectivity index (χ2v) is 3.72. The largest absolute Gasteiger partial charge is 0.465 e. The lowest BCUT2D eigenvalue weighted by Gasteiger charge is -2.32. The van der Waals surface area contributed by atoms with Gasteiger partial charge in [-0.05, 0) is 12.8 Å². The number of rotatable bonds is 2. The van der Waals surface area contributed by atoms with Gasteiger partial charge in [-0.2, -0.15) is 0 Å². The molecule has 1 aliphatic heterocycles. The van der Waals surface area contributed by atoms with Gasteiger partial charge in [0.1, 0.15) is 0 Å². The van der Waals surface area contributed by atoms with Gasteiger partial charge < -0.3 is 4.74 Å². The predicted octanol–water partition coefficient (Wildman–Crippen LogP) is 2.13. The smallest absolute Gasteiger partial charge is 0.305 e. The first kappa shape index (κ1) is 8.57. The summed E-state index contributed by atoms with van der Waals surface area (Å²) >= 11 is 0. The van der Waals surface area contributed by atoms with Crippen LogP contribution in [-0.4, -0.2) is 12.6 Å². The van der Waals surface area contributed by atoms with Crippen LogP contribution in [0.25, 0.3) is 0 Å². The lowest BCUT2D eigenvalue weighted by molar-refractivity contribution is -0.153. The van der Waals surface area contributed by atoms with Gasteiger partial charge in [-0.3, -0.25) is 4.79 Å². The van der Waals surface area contributed by atoms with Gasteiger partial charge in [0.15, 0.2) is 0 Å². The molecule has 0 aromatic heterocycles. The monoisotopic (exact) mass is 156 g/mol. The second kappa shape index (κ2) is 3.24. The Hall–Kier alpha value is -0.530. The highest BCUT2D eigenvalue weighted by Crippen LogP contribution is 2.32. The summed E-state index contributed by atoms with van der Waals surface area (Å²) in [5, 5.41) is 0. The van der Waals surface area contributed by atoms with Crippen LogP contribution < -0.4 is 0 Å². The molecular formula is C9H16O2. The van der Waals surface area contributed by atoms with Crippen LogP contribution in [0.15, 0.2) is 0 Å². The quantitative estimate of drug-likeness (QED) is 0.572. The lowest BCUT2D eigenvalue weighted by Crippen LogP contribution is -2.31. The van der Waals surface area contributed by atoms with Crippen molar-refractivity contribution < 1.29 is 9.53 Å². The van der Waals surface area contributed by atoms with E-state index in [9.17, 15) is 4.79 Å². The molecule has 1 unspecified atom stereocenters. The van der Waals surface area contributed by atoms with Crippen LogP contribution in [0.1, 0.15) is 39.5 Å². The van der Waals surface area contributed by atoms with E-state index in [1.54, 1.807) is 0 Å². The van der Waals surface area contributed by atoms with Crippen molar-refractivity contribution in [1.29, 1.82) is 0 Å². The Bertz CT molecular complexity index is 142.